The Hall–Kier alpha value is -0.860. The van der Waals surface area contributed by atoms with E-state index in [1.807, 2.05) is 31.2 Å². The predicted molar refractivity (Wildman–Crippen MR) is 73.0 cm³/mol. The van der Waals surface area contributed by atoms with E-state index in [9.17, 15) is 5.21 Å². The maximum atomic E-state index is 10.5. The van der Waals surface area contributed by atoms with Gasteiger partial charge in [-0.05, 0) is 45.6 Å². The van der Waals surface area contributed by atoms with Crippen LogP contribution in [0.4, 0.5) is 0 Å². The number of hydrogen-bond donors (Lipinski definition) is 1. The molecule has 0 bridgehead atoms. The summed E-state index contributed by atoms with van der Waals surface area (Å²) < 4.78 is 0. The Balaban J connectivity index is 3.16. The topological polar surface area (TPSA) is 23.5 Å². The molecule has 0 aliphatic carbocycles. The molecule has 2 atom stereocenters. The molecule has 1 heterocycles. The number of hydrogen-bond acceptors (Lipinski definition) is 2. The van der Waals surface area contributed by atoms with Crippen molar-refractivity contribution in [2.24, 2.45) is 5.92 Å². The summed E-state index contributed by atoms with van der Waals surface area (Å²) in [6.45, 7) is 14.3. The maximum absolute atomic E-state index is 10.5. The van der Waals surface area contributed by atoms with Gasteiger partial charge in [0.25, 0.3) is 0 Å². The third-order valence-electron chi connectivity index (χ3n) is 4.23. The van der Waals surface area contributed by atoms with E-state index in [2.05, 4.69) is 34.3 Å². The normalized spacial score (nSPS) is 34.5. The van der Waals surface area contributed by atoms with E-state index in [4.69, 9.17) is 0 Å². The summed E-state index contributed by atoms with van der Waals surface area (Å²) in [6.07, 6.45) is 8.79. The molecule has 0 amide bonds. The fraction of sp³-hybridized carbons (Fsp3) is 0.600. The van der Waals surface area contributed by atoms with Gasteiger partial charge < -0.3 is 5.21 Å². The van der Waals surface area contributed by atoms with Crippen LogP contribution in [0.25, 0.3) is 0 Å². The minimum Gasteiger partial charge on any atom is -0.313 e. The van der Waals surface area contributed by atoms with Gasteiger partial charge in [0, 0.05) is 5.54 Å². The first kappa shape index (κ1) is 14.2. The molecule has 0 spiro atoms. The molecule has 0 aromatic rings. The highest BCUT2D eigenvalue weighted by Gasteiger charge is 2.52. The molecule has 2 unspecified atom stereocenters. The Morgan fingerprint density at radius 3 is 2.35 bits per heavy atom. The summed E-state index contributed by atoms with van der Waals surface area (Å²) in [7, 11) is 0. The van der Waals surface area contributed by atoms with E-state index >= 15 is 0 Å². The van der Waals surface area contributed by atoms with Crippen LogP contribution in [0.3, 0.4) is 0 Å². The maximum Gasteiger partial charge on any atom is 0.0689 e. The molecule has 1 rings (SSSR count). The molecule has 2 nitrogen and oxygen atoms in total. The number of allylic oxidation sites excluding steroid dienone is 3. The van der Waals surface area contributed by atoms with E-state index < -0.39 is 0 Å². The number of nitrogens with zero attached hydrogens (tertiary/aromatic N) is 1. The Kier molecular flexibility index (Phi) is 4.00. The van der Waals surface area contributed by atoms with Gasteiger partial charge in [0.2, 0.25) is 0 Å². The Labute approximate surface area is 105 Å². The molecular weight excluding hydrogens is 210 g/mol. The lowest BCUT2D eigenvalue weighted by Gasteiger charge is -2.38. The smallest absolute Gasteiger partial charge is 0.0689 e. The highest BCUT2D eigenvalue weighted by molar-refractivity contribution is 5.34. The highest BCUT2D eigenvalue weighted by atomic mass is 16.5. The summed E-state index contributed by atoms with van der Waals surface area (Å²) in [5, 5.41) is 12.0. The van der Waals surface area contributed by atoms with Gasteiger partial charge in [-0.3, -0.25) is 0 Å². The third kappa shape index (κ3) is 2.24. The lowest BCUT2D eigenvalue weighted by molar-refractivity contribution is -0.189. The van der Waals surface area contributed by atoms with Crippen molar-refractivity contribution < 1.29 is 5.21 Å². The molecule has 17 heavy (non-hydrogen) atoms. The first-order valence-electron chi connectivity index (χ1n) is 6.25. The van der Waals surface area contributed by atoms with Crippen LogP contribution in [0, 0.1) is 5.92 Å². The van der Waals surface area contributed by atoms with Crippen LogP contribution >= 0.6 is 0 Å². The van der Waals surface area contributed by atoms with Crippen molar-refractivity contribution in [2.75, 3.05) is 0 Å². The molecule has 0 radical (unpaired) electrons. The number of rotatable bonds is 3. The van der Waals surface area contributed by atoms with Gasteiger partial charge in [-0.25, -0.2) is 0 Å². The van der Waals surface area contributed by atoms with Gasteiger partial charge >= 0.3 is 0 Å². The first-order chi connectivity index (χ1) is 7.80. The standard InChI is InChI=1S/C15H25NO/c1-7-9-10-13(8-2)15(6)11-12(3)14(4,5)16(15)17/h7-10,12,17H,2,11H2,1,3-6H3/b9-7-,13-10+. The lowest BCUT2D eigenvalue weighted by Crippen LogP contribution is -2.49. The average molecular weight is 235 g/mol. The quantitative estimate of drug-likeness (QED) is 0.749. The van der Waals surface area contributed by atoms with Gasteiger partial charge in [0.1, 0.15) is 0 Å². The molecule has 0 aromatic heterocycles. The molecule has 0 aromatic carbocycles. The van der Waals surface area contributed by atoms with E-state index in [0.29, 0.717) is 5.92 Å². The van der Waals surface area contributed by atoms with E-state index in [0.717, 1.165) is 12.0 Å². The van der Waals surface area contributed by atoms with E-state index in [1.165, 1.54) is 5.06 Å². The zero-order valence-electron chi connectivity index (χ0n) is 11.7. The van der Waals surface area contributed by atoms with Crippen molar-refractivity contribution in [3.63, 3.8) is 0 Å². The molecule has 1 aliphatic heterocycles. The molecule has 1 N–H and O–H groups in total. The predicted octanol–water partition coefficient (Wildman–Crippen LogP) is 3.94. The van der Waals surface area contributed by atoms with Crippen LogP contribution in [0.2, 0.25) is 0 Å². The van der Waals surface area contributed by atoms with Crippen LogP contribution in [0.1, 0.15) is 41.0 Å². The third-order valence-corrected chi connectivity index (χ3v) is 4.23. The van der Waals surface area contributed by atoms with Crippen molar-refractivity contribution in [3.05, 3.63) is 36.5 Å². The van der Waals surface area contributed by atoms with Gasteiger partial charge in [0.05, 0.1) is 5.54 Å². The SMILES string of the molecule is C=C/C(=C\C=C/C)C1(C)CC(C)C(C)(C)N1O. The highest BCUT2D eigenvalue weighted by Crippen LogP contribution is 2.47. The monoisotopic (exact) mass is 235 g/mol. The van der Waals surface area contributed by atoms with Crippen molar-refractivity contribution in [1.82, 2.24) is 5.06 Å². The molecule has 96 valence electrons. The fourth-order valence-electron chi connectivity index (χ4n) is 2.68. The second kappa shape index (κ2) is 4.79. The van der Waals surface area contributed by atoms with Gasteiger partial charge in [-0.2, -0.15) is 5.06 Å². The molecule has 1 saturated heterocycles. The Morgan fingerprint density at radius 2 is 2.00 bits per heavy atom. The summed E-state index contributed by atoms with van der Waals surface area (Å²) in [5.74, 6) is 0.437. The van der Waals surface area contributed by atoms with Crippen LogP contribution in [-0.2, 0) is 0 Å². The Bertz CT molecular complexity index is 354. The summed E-state index contributed by atoms with van der Waals surface area (Å²) >= 11 is 0. The minimum absolute atomic E-state index is 0.202. The second-order valence-corrected chi connectivity index (χ2v) is 5.70. The zero-order chi connectivity index (χ0) is 13.3. The van der Waals surface area contributed by atoms with Crippen LogP contribution < -0.4 is 0 Å². The first-order valence-corrected chi connectivity index (χ1v) is 6.25. The summed E-state index contributed by atoms with van der Waals surface area (Å²) in [4.78, 5) is 0. The van der Waals surface area contributed by atoms with Crippen LogP contribution in [0.15, 0.2) is 36.5 Å². The fourth-order valence-corrected chi connectivity index (χ4v) is 2.68. The molecule has 1 fully saturated rings. The van der Waals surface area contributed by atoms with E-state index in [-0.39, 0.29) is 11.1 Å². The largest absolute Gasteiger partial charge is 0.313 e. The van der Waals surface area contributed by atoms with Crippen LogP contribution in [-0.4, -0.2) is 21.3 Å². The molecule has 2 heteroatoms. The lowest BCUT2D eigenvalue weighted by atomic mass is 9.85. The van der Waals surface area contributed by atoms with Crippen molar-refractivity contribution in [2.45, 2.75) is 52.1 Å². The number of hydroxylamine groups is 2. The molecule has 0 saturated carbocycles. The molecule has 1 aliphatic rings. The average Bonchev–Trinajstić information content (AvgIpc) is 2.42. The minimum atomic E-state index is -0.343. The second-order valence-electron chi connectivity index (χ2n) is 5.70. The summed E-state index contributed by atoms with van der Waals surface area (Å²) in [5.41, 5.74) is 0.521. The zero-order valence-corrected chi connectivity index (χ0v) is 11.7. The van der Waals surface area contributed by atoms with Crippen molar-refractivity contribution in [3.8, 4) is 0 Å². The molecular formula is C15H25NO. The van der Waals surface area contributed by atoms with Gasteiger partial charge in [0.15, 0.2) is 0 Å². The van der Waals surface area contributed by atoms with Crippen molar-refractivity contribution >= 4 is 0 Å². The van der Waals surface area contributed by atoms with Gasteiger partial charge in [-0.15, -0.1) is 0 Å². The Morgan fingerprint density at radius 1 is 1.41 bits per heavy atom. The van der Waals surface area contributed by atoms with Crippen molar-refractivity contribution in [1.29, 1.82) is 0 Å². The van der Waals surface area contributed by atoms with E-state index in [1.54, 1.807) is 0 Å². The summed E-state index contributed by atoms with van der Waals surface area (Å²) in [6, 6.07) is 0. The van der Waals surface area contributed by atoms with Gasteiger partial charge in [-0.1, -0.05) is 37.8 Å². The van der Waals surface area contributed by atoms with Crippen LogP contribution in [0.5, 0.6) is 0 Å².